The molecule has 1 aliphatic carbocycles. The van der Waals surface area contributed by atoms with Crippen LogP contribution in [0.4, 0.5) is 9.18 Å². The maximum atomic E-state index is 13.9. The summed E-state index contributed by atoms with van der Waals surface area (Å²) in [6, 6.07) is 5.36. The van der Waals surface area contributed by atoms with E-state index in [0.29, 0.717) is 10.5 Å². The van der Waals surface area contributed by atoms with Gasteiger partial charge in [-0.15, -0.1) is 0 Å². The Morgan fingerprint density at radius 3 is 2.37 bits per heavy atom. The van der Waals surface area contributed by atoms with Crippen LogP contribution < -0.4 is 0 Å². The number of carbonyl (C=O) groups is 4. The van der Waals surface area contributed by atoms with Crippen molar-refractivity contribution in [1.82, 2.24) is 14.7 Å². The molecule has 1 heterocycles. The molecule has 0 atom stereocenters. The Balaban J connectivity index is 1.72. The molecule has 1 saturated carbocycles. The van der Waals surface area contributed by atoms with Gasteiger partial charge in [-0.3, -0.25) is 19.3 Å². The van der Waals surface area contributed by atoms with Gasteiger partial charge in [0.1, 0.15) is 12.4 Å². The van der Waals surface area contributed by atoms with E-state index in [-0.39, 0.29) is 25.0 Å². The van der Waals surface area contributed by atoms with E-state index in [1.54, 1.807) is 18.2 Å². The summed E-state index contributed by atoms with van der Waals surface area (Å²) in [6.07, 6.45) is 1.58. The molecule has 0 spiro atoms. The minimum absolute atomic E-state index is 0.00497. The molecule has 1 aromatic carbocycles. The van der Waals surface area contributed by atoms with Crippen LogP contribution in [0.5, 0.6) is 0 Å². The summed E-state index contributed by atoms with van der Waals surface area (Å²) in [7, 11) is 0. The van der Waals surface area contributed by atoms with Gasteiger partial charge in [-0.25, -0.2) is 14.1 Å². The number of hydrogen-bond acceptors (Lipinski definition) is 4. The molecule has 2 aliphatic rings. The quantitative estimate of drug-likeness (QED) is 0.537. The van der Waals surface area contributed by atoms with Gasteiger partial charge >= 0.3 is 17.8 Å². The zero-order valence-corrected chi connectivity index (χ0v) is 15.4. The Morgan fingerprint density at radius 1 is 1.15 bits per heavy atom. The second-order valence-electron chi connectivity index (χ2n) is 7.33. The second kappa shape index (κ2) is 7.46. The van der Waals surface area contributed by atoms with Gasteiger partial charge in [0.2, 0.25) is 5.91 Å². The first kappa shape index (κ1) is 19.0. The van der Waals surface area contributed by atoms with E-state index in [1.807, 2.05) is 13.8 Å². The lowest BCUT2D eigenvalue weighted by molar-refractivity contribution is -0.145. The number of nitrogens with zero attached hydrogens (tertiary/aromatic N) is 3. The number of urea groups is 1. The first-order valence-corrected chi connectivity index (χ1v) is 8.99. The predicted molar refractivity (Wildman–Crippen MR) is 93.6 cm³/mol. The van der Waals surface area contributed by atoms with Crippen LogP contribution >= 0.6 is 0 Å². The first-order chi connectivity index (χ1) is 12.8. The lowest BCUT2D eigenvalue weighted by Crippen LogP contribution is -2.44. The van der Waals surface area contributed by atoms with Crippen LogP contribution in [0.3, 0.4) is 0 Å². The van der Waals surface area contributed by atoms with E-state index in [1.165, 1.54) is 11.0 Å². The monoisotopic (exact) mass is 375 g/mol. The van der Waals surface area contributed by atoms with Gasteiger partial charge in [0.15, 0.2) is 0 Å². The molecule has 7 nitrogen and oxygen atoms in total. The topological polar surface area (TPSA) is 78.0 Å². The van der Waals surface area contributed by atoms with Gasteiger partial charge < -0.3 is 4.90 Å². The largest absolute Gasteiger partial charge is 0.334 e. The van der Waals surface area contributed by atoms with E-state index >= 15 is 0 Å². The van der Waals surface area contributed by atoms with Crippen molar-refractivity contribution < 1.29 is 23.6 Å². The van der Waals surface area contributed by atoms with E-state index in [2.05, 4.69) is 0 Å². The van der Waals surface area contributed by atoms with E-state index < -0.39 is 36.1 Å². The molecule has 8 heteroatoms. The van der Waals surface area contributed by atoms with Crippen LogP contribution in [0, 0.1) is 11.7 Å². The van der Waals surface area contributed by atoms with Gasteiger partial charge in [-0.05, 0) is 24.8 Å². The van der Waals surface area contributed by atoms with Crippen molar-refractivity contribution in [1.29, 1.82) is 0 Å². The van der Waals surface area contributed by atoms with Crippen molar-refractivity contribution in [2.75, 3.05) is 13.1 Å². The van der Waals surface area contributed by atoms with Crippen molar-refractivity contribution in [2.24, 2.45) is 5.92 Å². The summed E-state index contributed by atoms with van der Waals surface area (Å²) < 4.78 is 13.9. The summed E-state index contributed by atoms with van der Waals surface area (Å²) in [5, 5.41) is 0. The Bertz CT molecular complexity index is 791. The molecule has 0 N–H and O–H groups in total. The van der Waals surface area contributed by atoms with E-state index in [4.69, 9.17) is 0 Å². The lowest BCUT2D eigenvalue weighted by Gasteiger charge is -2.25. The SMILES string of the molecule is CC(C)CN1C(=O)C(=O)N(CC(=O)N(Cc2ccccc2F)C2CC2)C1=O. The van der Waals surface area contributed by atoms with Crippen molar-refractivity contribution >= 4 is 23.8 Å². The highest BCUT2D eigenvalue weighted by molar-refractivity contribution is 6.45. The Morgan fingerprint density at radius 2 is 1.78 bits per heavy atom. The molecule has 144 valence electrons. The summed E-state index contributed by atoms with van der Waals surface area (Å²) in [5.41, 5.74) is 0.370. The maximum absolute atomic E-state index is 13.9. The fourth-order valence-electron chi connectivity index (χ4n) is 3.06. The highest BCUT2D eigenvalue weighted by Crippen LogP contribution is 2.29. The average Bonchev–Trinajstić information content (AvgIpc) is 3.43. The number of benzene rings is 1. The fourth-order valence-corrected chi connectivity index (χ4v) is 3.06. The number of carbonyl (C=O) groups excluding carboxylic acids is 4. The Kier molecular flexibility index (Phi) is 5.25. The molecule has 3 rings (SSSR count). The zero-order chi connectivity index (χ0) is 19.7. The molecule has 0 bridgehead atoms. The third-order valence-corrected chi connectivity index (χ3v) is 4.58. The molecule has 1 aromatic rings. The van der Waals surface area contributed by atoms with Gasteiger partial charge in [0.25, 0.3) is 0 Å². The number of hydrogen-bond donors (Lipinski definition) is 0. The molecule has 1 saturated heterocycles. The summed E-state index contributed by atoms with van der Waals surface area (Å²) in [4.78, 5) is 52.4. The minimum Gasteiger partial charge on any atom is -0.334 e. The zero-order valence-electron chi connectivity index (χ0n) is 15.4. The molecule has 2 fully saturated rings. The Hall–Kier alpha value is -2.77. The summed E-state index contributed by atoms with van der Waals surface area (Å²) >= 11 is 0. The highest BCUT2D eigenvalue weighted by atomic mass is 19.1. The lowest BCUT2D eigenvalue weighted by atomic mass is 10.2. The molecule has 0 aromatic heterocycles. The van der Waals surface area contributed by atoms with Crippen LogP contribution in [0.1, 0.15) is 32.3 Å². The van der Waals surface area contributed by atoms with Crippen LogP contribution in [-0.4, -0.2) is 57.6 Å². The summed E-state index contributed by atoms with van der Waals surface area (Å²) in [5.74, 6) is -2.78. The van der Waals surface area contributed by atoms with Crippen LogP contribution in [0.2, 0.25) is 0 Å². The van der Waals surface area contributed by atoms with E-state index in [9.17, 15) is 23.6 Å². The smallest absolute Gasteiger partial charge is 0.334 e. The first-order valence-electron chi connectivity index (χ1n) is 8.99. The van der Waals surface area contributed by atoms with Crippen molar-refractivity contribution in [2.45, 2.75) is 39.3 Å². The Labute approximate surface area is 156 Å². The normalized spacial score (nSPS) is 17.3. The maximum Gasteiger partial charge on any atom is 0.334 e. The third kappa shape index (κ3) is 3.99. The van der Waals surface area contributed by atoms with Gasteiger partial charge in [-0.1, -0.05) is 32.0 Å². The molecule has 5 amide bonds. The number of amides is 5. The van der Waals surface area contributed by atoms with Crippen LogP contribution in [0.25, 0.3) is 0 Å². The third-order valence-electron chi connectivity index (χ3n) is 4.58. The van der Waals surface area contributed by atoms with Crippen molar-refractivity contribution in [3.8, 4) is 0 Å². The van der Waals surface area contributed by atoms with E-state index in [0.717, 1.165) is 17.7 Å². The molecule has 1 aliphatic heterocycles. The van der Waals surface area contributed by atoms with Gasteiger partial charge in [0.05, 0.1) is 0 Å². The van der Waals surface area contributed by atoms with Gasteiger partial charge in [-0.2, -0.15) is 0 Å². The predicted octanol–water partition coefficient (Wildman–Crippen LogP) is 1.76. The van der Waals surface area contributed by atoms with Crippen molar-refractivity contribution in [3.05, 3.63) is 35.6 Å². The van der Waals surface area contributed by atoms with Crippen molar-refractivity contribution in [3.63, 3.8) is 0 Å². The number of imide groups is 2. The molecule has 0 unspecified atom stereocenters. The molecule has 27 heavy (non-hydrogen) atoms. The molecular weight excluding hydrogens is 353 g/mol. The fraction of sp³-hybridized carbons (Fsp3) is 0.474. The average molecular weight is 375 g/mol. The number of halogens is 1. The minimum atomic E-state index is -0.990. The van der Waals surface area contributed by atoms with Crippen LogP contribution in [0.15, 0.2) is 24.3 Å². The van der Waals surface area contributed by atoms with Crippen LogP contribution in [-0.2, 0) is 20.9 Å². The molecular formula is C19H22FN3O4. The standard InChI is InChI=1S/C19H22FN3O4/c1-12(2)9-22-17(25)18(26)23(19(22)27)11-16(24)21(14-7-8-14)10-13-5-3-4-6-15(13)20/h3-6,12,14H,7-11H2,1-2H3. The second-order valence-corrected chi connectivity index (χ2v) is 7.33. The molecule has 0 radical (unpaired) electrons. The van der Waals surface area contributed by atoms with Gasteiger partial charge in [0, 0.05) is 24.7 Å². The summed E-state index contributed by atoms with van der Waals surface area (Å²) in [6.45, 7) is 3.32. The highest BCUT2D eigenvalue weighted by Gasteiger charge is 2.46. The number of rotatable bonds is 7.